The van der Waals surface area contributed by atoms with Gasteiger partial charge in [0.2, 0.25) is 0 Å². The molecule has 0 atom stereocenters. The van der Waals surface area contributed by atoms with Crippen molar-refractivity contribution in [2.75, 3.05) is 13.1 Å². The van der Waals surface area contributed by atoms with Crippen LogP contribution in [0.5, 0.6) is 0 Å². The van der Waals surface area contributed by atoms with E-state index in [0.29, 0.717) is 12.2 Å². The largest absolute Gasteiger partial charge is 0.393 e. The Balaban J connectivity index is 1.87. The van der Waals surface area contributed by atoms with Crippen molar-refractivity contribution in [2.45, 2.75) is 32.4 Å². The van der Waals surface area contributed by atoms with E-state index in [1.807, 2.05) is 19.1 Å². The maximum atomic E-state index is 12.1. The smallest absolute Gasteiger partial charge is 0.258 e. The fourth-order valence-corrected chi connectivity index (χ4v) is 2.64. The number of hydrogen-bond acceptors (Lipinski definition) is 4. The van der Waals surface area contributed by atoms with Gasteiger partial charge < -0.3 is 5.11 Å². The zero-order chi connectivity index (χ0) is 14.1. The lowest BCUT2D eigenvalue weighted by molar-refractivity contribution is 0.0787. The van der Waals surface area contributed by atoms with Crippen LogP contribution in [0.3, 0.4) is 0 Å². The topological polar surface area (TPSA) is 57.8 Å². The summed E-state index contributed by atoms with van der Waals surface area (Å²) in [6, 6.07) is 5.43. The first-order valence-electron chi connectivity index (χ1n) is 7.01. The third kappa shape index (κ3) is 2.73. The Morgan fingerprint density at radius 3 is 2.85 bits per heavy atom. The van der Waals surface area contributed by atoms with Crippen LogP contribution in [-0.4, -0.2) is 38.6 Å². The quantitative estimate of drug-likeness (QED) is 0.885. The van der Waals surface area contributed by atoms with Gasteiger partial charge in [-0.05, 0) is 37.5 Å². The molecule has 5 nitrogen and oxygen atoms in total. The first-order valence-corrected chi connectivity index (χ1v) is 7.01. The second-order valence-electron chi connectivity index (χ2n) is 5.53. The van der Waals surface area contributed by atoms with Crippen LogP contribution in [0.25, 0.3) is 5.65 Å². The highest BCUT2D eigenvalue weighted by molar-refractivity contribution is 5.41. The van der Waals surface area contributed by atoms with E-state index in [9.17, 15) is 9.90 Å². The summed E-state index contributed by atoms with van der Waals surface area (Å²) in [6.07, 6.45) is 3.18. The molecule has 0 spiro atoms. The molecule has 3 heterocycles. The molecule has 5 heteroatoms. The molecule has 1 N–H and O–H groups in total. The highest BCUT2D eigenvalue weighted by Crippen LogP contribution is 2.12. The van der Waals surface area contributed by atoms with Gasteiger partial charge >= 0.3 is 0 Å². The van der Waals surface area contributed by atoms with Crippen LogP contribution in [0.1, 0.15) is 24.1 Å². The summed E-state index contributed by atoms with van der Waals surface area (Å²) in [5.41, 5.74) is 2.55. The van der Waals surface area contributed by atoms with Crippen LogP contribution in [0.15, 0.2) is 29.2 Å². The Labute approximate surface area is 117 Å². The predicted octanol–water partition coefficient (Wildman–Crippen LogP) is 0.960. The molecule has 20 heavy (non-hydrogen) atoms. The molecule has 3 rings (SSSR count). The van der Waals surface area contributed by atoms with E-state index in [0.717, 1.165) is 37.2 Å². The van der Waals surface area contributed by atoms with Gasteiger partial charge in [-0.25, -0.2) is 4.98 Å². The van der Waals surface area contributed by atoms with Gasteiger partial charge in [-0.2, -0.15) is 0 Å². The van der Waals surface area contributed by atoms with Crippen molar-refractivity contribution in [1.29, 1.82) is 0 Å². The minimum absolute atomic E-state index is 0.0398. The molecule has 106 valence electrons. The van der Waals surface area contributed by atoms with Crippen LogP contribution in [-0.2, 0) is 6.54 Å². The van der Waals surface area contributed by atoms with E-state index < -0.39 is 0 Å². The fraction of sp³-hybridized carbons (Fsp3) is 0.467. The maximum Gasteiger partial charge on any atom is 0.258 e. The number of fused-ring (bicyclic) bond motifs is 1. The van der Waals surface area contributed by atoms with Gasteiger partial charge in [0, 0.05) is 31.9 Å². The summed E-state index contributed by atoms with van der Waals surface area (Å²) in [5.74, 6) is 0. The number of aliphatic hydroxyl groups is 1. The van der Waals surface area contributed by atoms with Crippen molar-refractivity contribution in [3.8, 4) is 0 Å². The number of pyridine rings is 1. The van der Waals surface area contributed by atoms with E-state index >= 15 is 0 Å². The van der Waals surface area contributed by atoms with Crippen molar-refractivity contribution in [3.63, 3.8) is 0 Å². The molecule has 2 aromatic rings. The summed E-state index contributed by atoms with van der Waals surface area (Å²) in [5, 5.41) is 9.51. The zero-order valence-corrected chi connectivity index (χ0v) is 11.6. The molecule has 1 saturated heterocycles. The molecule has 0 aliphatic carbocycles. The van der Waals surface area contributed by atoms with Gasteiger partial charge in [0.05, 0.1) is 11.8 Å². The Kier molecular flexibility index (Phi) is 3.54. The van der Waals surface area contributed by atoms with Gasteiger partial charge in [0.1, 0.15) is 5.65 Å². The molecule has 0 saturated carbocycles. The predicted molar refractivity (Wildman–Crippen MR) is 76.7 cm³/mol. The van der Waals surface area contributed by atoms with Crippen molar-refractivity contribution < 1.29 is 5.11 Å². The van der Waals surface area contributed by atoms with Crippen molar-refractivity contribution in [1.82, 2.24) is 14.3 Å². The van der Waals surface area contributed by atoms with Gasteiger partial charge in [0.25, 0.3) is 5.56 Å². The highest BCUT2D eigenvalue weighted by Gasteiger charge is 2.17. The molecule has 0 bridgehead atoms. The Hall–Kier alpha value is -1.72. The lowest BCUT2D eigenvalue weighted by Crippen LogP contribution is -2.35. The van der Waals surface area contributed by atoms with Crippen LogP contribution in [0.4, 0.5) is 0 Å². The lowest BCUT2D eigenvalue weighted by Gasteiger charge is -2.29. The number of hydrogen-bond donors (Lipinski definition) is 1. The summed E-state index contributed by atoms with van der Waals surface area (Å²) in [7, 11) is 0. The van der Waals surface area contributed by atoms with Crippen LogP contribution < -0.4 is 5.56 Å². The first-order chi connectivity index (χ1) is 9.61. The Morgan fingerprint density at radius 1 is 1.35 bits per heavy atom. The van der Waals surface area contributed by atoms with Crippen molar-refractivity contribution in [2.24, 2.45) is 0 Å². The average molecular weight is 273 g/mol. The molecule has 0 amide bonds. The van der Waals surface area contributed by atoms with Crippen LogP contribution in [0.2, 0.25) is 0 Å². The molecule has 1 aliphatic rings. The average Bonchev–Trinajstić information content (AvgIpc) is 2.41. The Morgan fingerprint density at radius 2 is 2.10 bits per heavy atom. The third-order valence-electron chi connectivity index (χ3n) is 3.82. The summed E-state index contributed by atoms with van der Waals surface area (Å²) in [4.78, 5) is 18.9. The number of likely N-dealkylation sites (tertiary alicyclic amines) is 1. The molecular weight excluding hydrogens is 254 g/mol. The second-order valence-corrected chi connectivity index (χ2v) is 5.53. The maximum absolute atomic E-state index is 12.1. The summed E-state index contributed by atoms with van der Waals surface area (Å²) < 4.78 is 1.57. The minimum atomic E-state index is -0.177. The molecule has 0 unspecified atom stereocenters. The minimum Gasteiger partial charge on any atom is -0.393 e. The number of aromatic nitrogens is 2. The first kappa shape index (κ1) is 13.3. The molecule has 0 aromatic carbocycles. The summed E-state index contributed by atoms with van der Waals surface area (Å²) in [6.45, 7) is 4.38. The van der Waals surface area contributed by atoms with E-state index in [-0.39, 0.29) is 11.7 Å². The van der Waals surface area contributed by atoms with E-state index in [1.54, 1.807) is 16.7 Å². The monoisotopic (exact) mass is 273 g/mol. The highest BCUT2D eigenvalue weighted by atomic mass is 16.3. The zero-order valence-electron chi connectivity index (χ0n) is 11.6. The number of rotatable bonds is 2. The van der Waals surface area contributed by atoms with Crippen LogP contribution >= 0.6 is 0 Å². The standard InChI is InChI=1S/C15H19N3O2/c1-11-2-7-18-14(8-11)16-12(9-15(18)20)10-17-5-3-13(19)4-6-17/h2,7-9,13,19H,3-6,10H2,1H3. The number of piperidine rings is 1. The summed E-state index contributed by atoms with van der Waals surface area (Å²) >= 11 is 0. The SMILES string of the molecule is Cc1ccn2c(=O)cc(CN3CCC(O)CC3)nc2c1. The third-order valence-corrected chi connectivity index (χ3v) is 3.82. The number of nitrogens with zero attached hydrogens (tertiary/aromatic N) is 3. The normalized spacial score (nSPS) is 17.7. The number of aliphatic hydroxyl groups excluding tert-OH is 1. The van der Waals surface area contributed by atoms with E-state index in [1.165, 1.54) is 0 Å². The van der Waals surface area contributed by atoms with Gasteiger partial charge in [-0.3, -0.25) is 14.1 Å². The van der Waals surface area contributed by atoms with Crippen molar-refractivity contribution >= 4 is 5.65 Å². The van der Waals surface area contributed by atoms with Gasteiger partial charge in [-0.1, -0.05) is 0 Å². The van der Waals surface area contributed by atoms with E-state index in [2.05, 4.69) is 9.88 Å². The molecule has 0 radical (unpaired) electrons. The number of aryl methyl sites for hydroxylation is 1. The molecular formula is C15H19N3O2. The van der Waals surface area contributed by atoms with E-state index in [4.69, 9.17) is 0 Å². The van der Waals surface area contributed by atoms with Gasteiger partial charge in [0.15, 0.2) is 0 Å². The fourth-order valence-electron chi connectivity index (χ4n) is 2.64. The molecule has 1 aliphatic heterocycles. The van der Waals surface area contributed by atoms with Crippen LogP contribution in [0, 0.1) is 6.92 Å². The molecule has 2 aromatic heterocycles. The Bertz CT molecular complexity index is 672. The lowest BCUT2D eigenvalue weighted by atomic mass is 10.1. The van der Waals surface area contributed by atoms with Crippen molar-refractivity contribution in [3.05, 3.63) is 46.0 Å². The molecule has 1 fully saturated rings. The van der Waals surface area contributed by atoms with Gasteiger partial charge in [-0.15, -0.1) is 0 Å². The second kappa shape index (κ2) is 5.34.